The Morgan fingerprint density at radius 3 is 2.91 bits per heavy atom. The van der Waals surface area contributed by atoms with Gasteiger partial charge in [0.15, 0.2) is 11.6 Å². The number of halogens is 1. The zero-order chi connectivity index (χ0) is 16.1. The van der Waals surface area contributed by atoms with Gasteiger partial charge in [0.05, 0.1) is 13.0 Å². The Hall–Kier alpha value is -2.31. The number of likely N-dealkylation sites (tertiary alicyclic amines) is 1. The van der Waals surface area contributed by atoms with Crippen LogP contribution in [0.25, 0.3) is 0 Å². The summed E-state index contributed by atoms with van der Waals surface area (Å²) in [6.07, 6.45) is 1.25. The number of benzene rings is 1. The highest BCUT2D eigenvalue weighted by molar-refractivity contribution is 5.76. The Morgan fingerprint density at radius 2 is 2.27 bits per heavy atom. The number of rotatable bonds is 4. The van der Waals surface area contributed by atoms with E-state index in [1.165, 1.54) is 24.1 Å². The summed E-state index contributed by atoms with van der Waals surface area (Å²) < 4.78 is 18.4. The molecule has 0 saturated carbocycles. The molecule has 0 radical (unpaired) electrons. The first-order valence-electron chi connectivity index (χ1n) is 7.09. The van der Waals surface area contributed by atoms with E-state index in [0.717, 1.165) is 0 Å². The first-order chi connectivity index (χ1) is 10.5. The lowest BCUT2D eigenvalue weighted by atomic mass is 9.99. The average molecular weight is 310 g/mol. The van der Waals surface area contributed by atoms with Crippen LogP contribution in [-0.2, 0) is 11.3 Å². The van der Waals surface area contributed by atoms with Gasteiger partial charge in [0.25, 0.3) is 0 Å². The molecular weight excluding hydrogens is 291 g/mol. The smallest absolute Gasteiger partial charge is 0.317 e. The molecule has 0 spiro atoms. The Bertz CT molecular complexity index is 564. The number of piperidine rings is 1. The summed E-state index contributed by atoms with van der Waals surface area (Å²) in [5.41, 5.74) is 0.610. The molecule has 1 aromatic rings. The van der Waals surface area contributed by atoms with E-state index in [2.05, 4.69) is 5.32 Å². The van der Waals surface area contributed by atoms with Gasteiger partial charge in [-0.15, -0.1) is 0 Å². The van der Waals surface area contributed by atoms with Crippen LogP contribution in [0.15, 0.2) is 18.2 Å². The molecule has 1 aromatic carbocycles. The predicted octanol–water partition coefficient (Wildman–Crippen LogP) is 1.84. The van der Waals surface area contributed by atoms with E-state index in [9.17, 15) is 14.0 Å². The molecule has 2 amide bonds. The molecule has 0 bridgehead atoms. The first-order valence-corrected chi connectivity index (χ1v) is 7.09. The van der Waals surface area contributed by atoms with Crippen LogP contribution < -0.4 is 10.1 Å². The third-order valence-corrected chi connectivity index (χ3v) is 3.72. The maximum atomic E-state index is 13.6. The molecule has 2 rings (SSSR count). The fourth-order valence-electron chi connectivity index (χ4n) is 2.47. The number of ether oxygens (including phenoxy) is 1. The van der Waals surface area contributed by atoms with Crippen LogP contribution in [0.4, 0.5) is 9.18 Å². The normalized spacial score (nSPS) is 17.9. The number of carboxylic acids is 1. The Balaban J connectivity index is 1.89. The minimum atomic E-state index is -0.880. The first kappa shape index (κ1) is 16.1. The van der Waals surface area contributed by atoms with Gasteiger partial charge in [-0.1, -0.05) is 6.07 Å². The van der Waals surface area contributed by atoms with Crippen molar-refractivity contribution in [3.63, 3.8) is 0 Å². The van der Waals surface area contributed by atoms with E-state index in [1.54, 1.807) is 6.07 Å². The summed E-state index contributed by atoms with van der Waals surface area (Å²) in [4.78, 5) is 24.5. The van der Waals surface area contributed by atoms with Crippen LogP contribution in [-0.4, -0.2) is 42.2 Å². The quantitative estimate of drug-likeness (QED) is 0.889. The topological polar surface area (TPSA) is 78.9 Å². The summed E-state index contributed by atoms with van der Waals surface area (Å²) in [6, 6.07) is 4.13. The molecule has 1 atom stereocenters. The molecule has 1 aliphatic rings. The Labute approximate surface area is 127 Å². The second-order valence-electron chi connectivity index (χ2n) is 5.25. The number of nitrogens with zero attached hydrogens (tertiary/aromatic N) is 1. The maximum Gasteiger partial charge on any atom is 0.317 e. The molecule has 6 nitrogen and oxygen atoms in total. The van der Waals surface area contributed by atoms with Gasteiger partial charge in [0, 0.05) is 19.6 Å². The number of hydrogen-bond donors (Lipinski definition) is 2. The number of carbonyl (C=O) groups excluding carboxylic acids is 1. The van der Waals surface area contributed by atoms with E-state index in [0.29, 0.717) is 24.9 Å². The number of methoxy groups -OCH3 is 1. The van der Waals surface area contributed by atoms with Crippen molar-refractivity contribution in [1.82, 2.24) is 10.2 Å². The fourth-order valence-corrected chi connectivity index (χ4v) is 2.47. The van der Waals surface area contributed by atoms with Gasteiger partial charge in [-0.3, -0.25) is 4.79 Å². The lowest BCUT2D eigenvalue weighted by Gasteiger charge is -2.30. The number of hydrogen-bond acceptors (Lipinski definition) is 3. The summed E-state index contributed by atoms with van der Waals surface area (Å²) >= 11 is 0. The average Bonchev–Trinajstić information content (AvgIpc) is 2.52. The third-order valence-electron chi connectivity index (χ3n) is 3.72. The van der Waals surface area contributed by atoms with Crippen LogP contribution in [0.5, 0.6) is 5.75 Å². The molecule has 22 heavy (non-hydrogen) atoms. The van der Waals surface area contributed by atoms with Crippen molar-refractivity contribution < 1.29 is 23.8 Å². The van der Waals surface area contributed by atoms with E-state index in [1.807, 2.05) is 0 Å². The lowest BCUT2D eigenvalue weighted by Crippen LogP contribution is -2.46. The lowest BCUT2D eigenvalue weighted by molar-refractivity contribution is -0.143. The minimum absolute atomic E-state index is 0.149. The van der Waals surface area contributed by atoms with Crippen molar-refractivity contribution in [2.75, 3.05) is 20.2 Å². The number of carboxylic acid groups (broad SMARTS) is 1. The molecule has 1 fully saturated rings. The predicted molar refractivity (Wildman–Crippen MR) is 77.1 cm³/mol. The largest absolute Gasteiger partial charge is 0.494 e. The van der Waals surface area contributed by atoms with E-state index >= 15 is 0 Å². The van der Waals surface area contributed by atoms with Gasteiger partial charge < -0.3 is 20.1 Å². The van der Waals surface area contributed by atoms with Gasteiger partial charge >= 0.3 is 12.0 Å². The minimum Gasteiger partial charge on any atom is -0.494 e. The monoisotopic (exact) mass is 310 g/mol. The van der Waals surface area contributed by atoms with Crippen LogP contribution in [0.1, 0.15) is 18.4 Å². The van der Waals surface area contributed by atoms with Crippen LogP contribution in [0, 0.1) is 11.7 Å². The van der Waals surface area contributed by atoms with Gasteiger partial charge in [0.1, 0.15) is 0 Å². The molecule has 2 N–H and O–H groups in total. The SMILES string of the molecule is COc1ccc(CNC(=O)N2CCCC(C(=O)O)C2)cc1F. The molecule has 0 aromatic heterocycles. The highest BCUT2D eigenvalue weighted by Crippen LogP contribution is 2.18. The van der Waals surface area contributed by atoms with Gasteiger partial charge in [-0.25, -0.2) is 9.18 Å². The second kappa shape index (κ2) is 7.11. The molecule has 1 unspecified atom stereocenters. The Morgan fingerprint density at radius 1 is 1.50 bits per heavy atom. The van der Waals surface area contributed by atoms with Crippen LogP contribution >= 0.6 is 0 Å². The van der Waals surface area contributed by atoms with Crippen molar-refractivity contribution in [2.24, 2.45) is 5.92 Å². The fraction of sp³-hybridized carbons (Fsp3) is 0.467. The summed E-state index contributed by atoms with van der Waals surface area (Å²) in [5.74, 6) is -1.73. The van der Waals surface area contributed by atoms with E-state index in [4.69, 9.17) is 9.84 Å². The van der Waals surface area contributed by atoms with E-state index in [-0.39, 0.29) is 24.9 Å². The molecule has 1 aliphatic heterocycles. The molecular formula is C15H19FN2O4. The van der Waals surface area contributed by atoms with Gasteiger partial charge in [-0.2, -0.15) is 0 Å². The number of amides is 2. The van der Waals surface area contributed by atoms with Gasteiger partial charge in [-0.05, 0) is 30.5 Å². The molecule has 1 saturated heterocycles. The molecule has 120 valence electrons. The van der Waals surface area contributed by atoms with Crippen molar-refractivity contribution in [1.29, 1.82) is 0 Å². The zero-order valence-corrected chi connectivity index (χ0v) is 12.3. The number of nitrogens with one attached hydrogen (secondary N) is 1. The summed E-state index contributed by atoms with van der Waals surface area (Å²) in [6.45, 7) is 0.915. The van der Waals surface area contributed by atoms with Crippen molar-refractivity contribution >= 4 is 12.0 Å². The summed E-state index contributed by atoms with van der Waals surface area (Å²) in [5, 5.41) is 11.7. The highest BCUT2D eigenvalue weighted by atomic mass is 19.1. The molecule has 1 heterocycles. The number of urea groups is 1. The number of carbonyl (C=O) groups is 2. The van der Waals surface area contributed by atoms with Crippen molar-refractivity contribution in [3.8, 4) is 5.75 Å². The highest BCUT2D eigenvalue weighted by Gasteiger charge is 2.27. The standard InChI is InChI=1S/C15H19FN2O4/c1-22-13-5-4-10(7-12(13)16)8-17-15(21)18-6-2-3-11(9-18)14(19)20/h4-5,7,11H,2-3,6,8-9H2,1H3,(H,17,21)(H,19,20). The zero-order valence-electron chi connectivity index (χ0n) is 12.3. The van der Waals surface area contributed by atoms with Crippen molar-refractivity contribution in [3.05, 3.63) is 29.6 Å². The Kier molecular flexibility index (Phi) is 5.19. The van der Waals surface area contributed by atoms with Crippen molar-refractivity contribution in [2.45, 2.75) is 19.4 Å². The number of aliphatic carboxylic acids is 1. The second-order valence-corrected chi connectivity index (χ2v) is 5.25. The van der Waals surface area contributed by atoms with Crippen LogP contribution in [0.2, 0.25) is 0 Å². The molecule has 7 heteroatoms. The third kappa shape index (κ3) is 3.87. The summed E-state index contributed by atoms with van der Waals surface area (Å²) in [7, 11) is 1.38. The maximum absolute atomic E-state index is 13.6. The van der Waals surface area contributed by atoms with E-state index < -0.39 is 17.7 Å². The molecule has 0 aliphatic carbocycles. The van der Waals surface area contributed by atoms with Crippen LogP contribution in [0.3, 0.4) is 0 Å². The van der Waals surface area contributed by atoms with Gasteiger partial charge in [0.2, 0.25) is 0 Å².